The van der Waals surface area contributed by atoms with Crippen LogP contribution >= 0.6 is 11.3 Å². The Kier molecular flexibility index (Phi) is 4.54. The van der Waals surface area contributed by atoms with E-state index in [-0.39, 0.29) is 5.91 Å². The highest BCUT2D eigenvalue weighted by atomic mass is 32.1. The predicted molar refractivity (Wildman–Crippen MR) is 108 cm³/mol. The molecular weight excluding hydrogens is 356 g/mol. The maximum absolute atomic E-state index is 12.7. The van der Waals surface area contributed by atoms with Crippen molar-refractivity contribution in [2.45, 2.75) is 13.8 Å². The van der Waals surface area contributed by atoms with Gasteiger partial charge >= 0.3 is 0 Å². The van der Waals surface area contributed by atoms with Crippen LogP contribution in [0.4, 0.5) is 5.13 Å². The molecule has 1 aliphatic rings. The first-order valence-corrected chi connectivity index (χ1v) is 9.79. The molecule has 2 aromatic carbocycles. The normalized spacial score (nSPS) is 14.4. The van der Waals surface area contributed by atoms with Crippen molar-refractivity contribution in [1.29, 1.82) is 5.26 Å². The Hall–Kier alpha value is -2.91. The molecule has 1 aliphatic heterocycles. The standard InChI is InChI=1S/C21H20N4OS/c1-14-11-15(2)19-18(12-14)23-21(27-19)25-9-7-24(8-10-25)20(26)17-5-3-16(13-22)4-6-17/h3-6,11-12H,7-10H2,1-2H3. The quantitative estimate of drug-likeness (QED) is 0.683. The van der Waals surface area contributed by atoms with Gasteiger partial charge in [0.15, 0.2) is 5.13 Å². The summed E-state index contributed by atoms with van der Waals surface area (Å²) in [6, 6.07) is 13.2. The summed E-state index contributed by atoms with van der Waals surface area (Å²) in [6.07, 6.45) is 0. The topological polar surface area (TPSA) is 60.2 Å². The van der Waals surface area contributed by atoms with Crippen LogP contribution in [0.15, 0.2) is 36.4 Å². The monoisotopic (exact) mass is 376 g/mol. The van der Waals surface area contributed by atoms with E-state index in [4.69, 9.17) is 10.2 Å². The van der Waals surface area contributed by atoms with Crippen LogP contribution in [0.3, 0.4) is 0 Å². The first-order valence-electron chi connectivity index (χ1n) is 8.97. The maximum Gasteiger partial charge on any atom is 0.253 e. The van der Waals surface area contributed by atoms with Gasteiger partial charge in [-0.05, 0) is 55.3 Å². The number of benzene rings is 2. The number of aromatic nitrogens is 1. The number of carbonyl (C=O) groups excluding carboxylic acids is 1. The lowest BCUT2D eigenvalue weighted by atomic mass is 10.1. The fraction of sp³-hybridized carbons (Fsp3) is 0.286. The molecule has 5 nitrogen and oxygen atoms in total. The number of thiazole rings is 1. The van der Waals surface area contributed by atoms with Crippen molar-refractivity contribution in [3.8, 4) is 6.07 Å². The van der Waals surface area contributed by atoms with Crippen molar-refractivity contribution in [3.63, 3.8) is 0 Å². The molecule has 1 aromatic heterocycles. The average Bonchev–Trinajstić information content (AvgIpc) is 3.12. The Morgan fingerprint density at radius 1 is 1.11 bits per heavy atom. The van der Waals surface area contributed by atoms with E-state index >= 15 is 0 Å². The van der Waals surface area contributed by atoms with E-state index in [1.807, 2.05) is 4.90 Å². The molecule has 6 heteroatoms. The van der Waals surface area contributed by atoms with Gasteiger partial charge in [-0.1, -0.05) is 17.4 Å². The zero-order chi connectivity index (χ0) is 19.0. The highest BCUT2D eigenvalue weighted by Crippen LogP contribution is 2.32. The van der Waals surface area contributed by atoms with Crippen LogP contribution < -0.4 is 4.90 Å². The van der Waals surface area contributed by atoms with Crippen molar-refractivity contribution in [2.24, 2.45) is 0 Å². The van der Waals surface area contributed by atoms with Gasteiger partial charge in [0.05, 0.1) is 21.8 Å². The minimum Gasteiger partial charge on any atom is -0.345 e. The predicted octanol–water partition coefficient (Wildman–Crippen LogP) is 3.75. The van der Waals surface area contributed by atoms with Gasteiger partial charge in [0.25, 0.3) is 5.91 Å². The molecule has 136 valence electrons. The van der Waals surface area contributed by atoms with Crippen LogP contribution in [0.25, 0.3) is 10.2 Å². The summed E-state index contributed by atoms with van der Waals surface area (Å²) in [6.45, 7) is 7.13. The van der Waals surface area contributed by atoms with Crippen molar-refractivity contribution in [3.05, 3.63) is 58.7 Å². The SMILES string of the molecule is Cc1cc(C)c2sc(N3CCN(C(=O)c4ccc(C#N)cc4)CC3)nc2c1. The number of aryl methyl sites for hydroxylation is 2. The fourth-order valence-electron chi connectivity index (χ4n) is 3.47. The molecule has 0 bridgehead atoms. The van der Waals surface area contributed by atoms with E-state index in [1.54, 1.807) is 35.6 Å². The van der Waals surface area contributed by atoms with Crippen LogP contribution in [-0.2, 0) is 0 Å². The largest absolute Gasteiger partial charge is 0.345 e. The van der Waals surface area contributed by atoms with Crippen molar-refractivity contribution >= 4 is 32.6 Å². The number of nitriles is 1. The van der Waals surface area contributed by atoms with Crippen LogP contribution in [0.2, 0.25) is 0 Å². The molecule has 0 saturated carbocycles. The molecule has 1 fully saturated rings. The molecule has 4 rings (SSSR count). The van der Waals surface area contributed by atoms with Gasteiger partial charge in [0.1, 0.15) is 0 Å². The molecule has 0 radical (unpaired) electrons. The van der Waals surface area contributed by atoms with Gasteiger partial charge in [-0.25, -0.2) is 4.98 Å². The molecule has 3 aromatic rings. The molecule has 0 atom stereocenters. The Bertz CT molecular complexity index is 1040. The smallest absolute Gasteiger partial charge is 0.253 e. The molecule has 0 unspecified atom stereocenters. The van der Waals surface area contributed by atoms with Gasteiger partial charge < -0.3 is 9.80 Å². The summed E-state index contributed by atoms with van der Waals surface area (Å²) >= 11 is 1.73. The third-order valence-electron chi connectivity index (χ3n) is 4.91. The van der Waals surface area contributed by atoms with Crippen molar-refractivity contribution < 1.29 is 4.79 Å². The Morgan fingerprint density at radius 3 is 2.48 bits per heavy atom. The number of nitrogens with zero attached hydrogens (tertiary/aromatic N) is 4. The average molecular weight is 376 g/mol. The lowest BCUT2D eigenvalue weighted by molar-refractivity contribution is 0.0747. The van der Waals surface area contributed by atoms with E-state index in [2.05, 4.69) is 36.9 Å². The van der Waals surface area contributed by atoms with Crippen molar-refractivity contribution in [1.82, 2.24) is 9.88 Å². The first kappa shape index (κ1) is 17.5. The molecule has 0 spiro atoms. The number of carbonyl (C=O) groups is 1. The Morgan fingerprint density at radius 2 is 1.81 bits per heavy atom. The third kappa shape index (κ3) is 3.38. The van der Waals surface area contributed by atoms with Crippen LogP contribution in [0.5, 0.6) is 0 Å². The summed E-state index contributed by atoms with van der Waals surface area (Å²) < 4.78 is 1.24. The molecule has 1 amide bonds. The van der Waals surface area contributed by atoms with Crippen LogP contribution in [-0.4, -0.2) is 42.0 Å². The molecule has 2 heterocycles. The fourth-order valence-corrected chi connectivity index (χ4v) is 4.54. The molecule has 0 N–H and O–H groups in total. The lowest BCUT2D eigenvalue weighted by Crippen LogP contribution is -2.48. The van der Waals surface area contributed by atoms with Crippen LogP contribution in [0, 0.1) is 25.2 Å². The zero-order valence-electron chi connectivity index (χ0n) is 15.4. The van der Waals surface area contributed by atoms with E-state index in [9.17, 15) is 4.79 Å². The second-order valence-corrected chi connectivity index (χ2v) is 7.87. The number of hydrogen-bond donors (Lipinski definition) is 0. The third-order valence-corrected chi connectivity index (χ3v) is 6.17. The van der Waals surface area contributed by atoms with Gasteiger partial charge in [-0.15, -0.1) is 0 Å². The number of anilines is 1. The van der Waals surface area contributed by atoms with Crippen molar-refractivity contribution in [2.75, 3.05) is 31.1 Å². The maximum atomic E-state index is 12.7. The van der Waals surface area contributed by atoms with E-state index in [0.717, 1.165) is 23.7 Å². The van der Waals surface area contributed by atoms with E-state index in [1.165, 1.54) is 15.8 Å². The lowest BCUT2D eigenvalue weighted by Gasteiger charge is -2.34. The molecule has 0 aliphatic carbocycles. The zero-order valence-corrected chi connectivity index (χ0v) is 16.2. The number of fused-ring (bicyclic) bond motifs is 1. The van der Waals surface area contributed by atoms with Gasteiger partial charge in [-0.2, -0.15) is 5.26 Å². The summed E-state index contributed by atoms with van der Waals surface area (Å²) in [5.41, 5.74) is 4.76. The minimum atomic E-state index is 0.0231. The summed E-state index contributed by atoms with van der Waals surface area (Å²) in [4.78, 5) is 21.6. The van der Waals surface area contributed by atoms with E-state index in [0.29, 0.717) is 24.2 Å². The number of piperazine rings is 1. The second-order valence-electron chi connectivity index (χ2n) is 6.89. The Labute approximate surface area is 162 Å². The van der Waals surface area contributed by atoms with Gasteiger partial charge in [-0.3, -0.25) is 4.79 Å². The minimum absolute atomic E-state index is 0.0231. The highest BCUT2D eigenvalue weighted by Gasteiger charge is 2.24. The second kappa shape index (κ2) is 7.01. The number of amides is 1. The molecule has 27 heavy (non-hydrogen) atoms. The number of hydrogen-bond acceptors (Lipinski definition) is 5. The highest BCUT2D eigenvalue weighted by molar-refractivity contribution is 7.22. The summed E-state index contributed by atoms with van der Waals surface area (Å²) in [7, 11) is 0. The summed E-state index contributed by atoms with van der Waals surface area (Å²) in [5, 5.41) is 9.91. The summed E-state index contributed by atoms with van der Waals surface area (Å²) in [5.74, 6) is 0.0231. The van der Waals surface area contributed by atoms with Gasteiger partial charge in [0, 0.05) is 31.7 Å². The molecule has 1 saturated heterocycles. The van der Waals surface area contributed by atoms with Gasteiger partial charge in [0.2, 0.25) is 0 Å². The Balaban J connectivity index is 1.46. The molecular formula is C21H20N4OS. The van der Waals surface area contributed by atoms with E-state index < -0.39 is 0 Å². The number of rotatable bonds is 2. The van der Waals surface area contributed by atoms with Crippen LogP contribution in [0.1, 0.15) is 27.0 Å². The first-order chi connectivity index (χ1) is 13.0.